The van der Waals surface area contributed by atoms with E-state index in [9.17, 15) is 15.0 Å². The topological polar surface area (TPSA) is 89.2 Å². The van der Waals surface area contributed by atoms with Crippen LogP contribution in [0.3, 0.4) is 0 Å². The van der Waals surface area contributed by atoms with Crippen molar-refractivity contribution in [1.82, 2.24) is 10.2 Å². The predicted octanol–water partition coefficient (Wildman–Crippen LogP) is 7.47. The van der Waals surface area contributed by atoms with E-state index in [1.165, 1.54) is 50.2 Å². The summed E-state index contributed by atoms with van der Waals surface area (Å²) in [5, 5.41) is 23.2. The highest BCUT2D eigenvalue weighted by atomic mass is 35.5. The molecule has 3 N–H and O–H groups in total. The standard InChI is InChI=1S/C34H45N3O4.2ClH/c1-26-7-10-28(11-8-26)37(33(40)32-6-5-23-41-32)29-13-20-36(21-14-29)22-18-34(15-3-2-4-16-34)17-19-35-25-27-9-12-30(38)24-31(27)39;;/h5-12,23-24,29,35,38-39H,2-4,13-22,25H2,1H3;2*1H. The number of nitrogens with one attached hydrogen (secondary N) is 1. The number of carbonyl (C=O) groups excluding carboxylic acids is 1. The van der Waals surface area contributed by atoms with Crippen LogP contribution in [0, 0.1) is 12.3 Å². The number of furan rings is 1. The van der Waals surface area contributed by atoms with Crippen molar-refractivity contribution in [2.24, 2.45) is 5.41 Å². The molecule has 7 nitrogen and oxygen atoms in total. The molecule has 2 heterocycles. The van der Waals surface area contributed by atoms with Crippen LogP contribution in [0.1, 0.15) is 79.5 Å². The van der Waals surface area contributed by atoms with E-state index in [0.29, 0.717) is 17.7 Å². The molecule has 0 atom stereocenters. The molecule has 2 fully saturated rings. The summed E-state index contributed by atoms with van der Waals surface area (Å²) >= 11 is 0. The largest absolute Gasteiger partial charge is 0.508 e. The first-order valence-electron chi connectivity index (χ1n) is 15.3. The van der Waals surface area contributed by atoms with Crippen LogP contribution in [0.4, 0.5) is 5.69 Å². The number of amides is 1. The maximum atomic E-state index is 13.5. The minimum Gasteiger partial charge on any atom is -0.508 e. The third-order valence-electron chi connectivity index (χ3n) is 9.27. The zero-order chi connectivity index (χ0) is 28.7. The summed E-state index contributed by atoms with van der Waals surface area (Å²) in [6, 6.07) is 16.7. The number of halogens is 2. The zero-order valence-electron chi connectivity index (χ0n) is 25.2. The molecule has 1 saturated heterocycles. The lowest BCUT2D eigenvalue weighted by Gasteiger charge is -2.42. The van der Waals surface area contributed by atoms with Crippen LogP contribution >= 0.6 is 24.8 Å². The second-order valence-electron chi connectivity index (χ2n) is 12.1. The van der Waals surface area contributed by atoms with Gasteiger partial charge >= 0.3 is 0 Å². The zero-order valence-corrected chi connectivity index (χ0v) is 26.8. The van der Waals surface area contributed by atoms with Crippen LogP contribution in [0.25, 0.3) is 0 Å². The molecule has 0 bridgehead atoms. The number of hydrogen-bond acceptors (Lipinski definition) is 6. The average molecular weight is 633 g/mol. The van der Waals surface area contributed by atoms with Gasteiger partial charge in [-0.05, 0) is 94.3 Å². The van der Waals surface area contributed by atoms with Gasteiger partial charge in [0.05, 0.1) is 6.26 Å². The molecule has 0 unspecified atom stereocenters. The number of rotatable bonds is 11. The second-order valence-corrected chi connectivity index (χ2v) is 12.1. The maximum Gasteiger partial charge on any atom is 0.294 e. The van der Waals surface area contributed by atoms with E-state index in [4.69, 9.17) is 4.42 Å². The van der Waals surface area contributed by atoms with Crippen molar-refractivity contribution in [2.75, 3.05) is 31.1 Å². The fourth-order valence-electron chi connectivity index (χ4n) is 6.72. The number of phenolic OH excluding ortho intramolecular Hbond substituents is 2. The number of aryl methyl sites for hydroxylation is 1. The number of anilines is 1. The molecule has 2 aliphatic rings. The van der Waals surface area contributed by atoms with Crippen molar-refractivity contribution in [1.29, 1.82) is 0 Å². The molecular formula is C34H47Cl2N3O4. The lowest BCUT2D eigenvalue weighted by atomic mass is 9.69. The van der Waals surface area contributed by atoms with Gasteiger partial charge in [0.1, 0.15) is 11.5 Å². The molecule has 9 heteroatoms. The summed E-state index contributed by atoms with van der Waals surface area (Å²) < 4.78 is 5.50. The van der Waals surface area contributed by atoms with Gasteiger partial charge in [-0.1, -0.05) is 43.0 Å². The van der Waals surface area contributed by atoms with Gasteiger partial charge in [-0.2, -0.15) is 0 Å². The lowest BCUT2D eigenvalue weighted by molar-refractivity contribution is 0.0918. The third-order valence-corrected chi connectivity index (χ3v) is 9.27. The number of phenols is 2. The van der Waals surface area contributed by atoms with E-state index in [-0.39, 0.29) is 48.3 Å². The van der Waals surface area contributed by atoms with Crippen molar-refractivity contribution in [3.05, 3.63) is 77.7 Å². The van der Waals surface area contributed by atoms with Crippen molar-refractivity contribution < 1.29 is 19.4 Å². The van der Waals surface area contributed by atoms with Crippen molar-refractivity contribution in [3.8, 4) is 11.5 Å². The number of benzene rings is 2. The number of carbonyl (C=O) groups is 1. The Kier molecular flexibility index (Phi) is 13.3. The maximum absolute atomic E-state index is 13.5. The van der Waals surface area contributed by atoms with Crippen LogP contribution in [-0.2, 0) is 6.54 Å². The van der Waals surface area contributed by atoms with Crippen molar-refractivity contribution in [2.45, 2.75) is 77.3 Å². The molecule has 1 aliphatic carbocycles. The highest BCUT2D eigenvalue weighted by molar-refractivity contribution is 6.04. The van der Waals surface area contributed by atoms with Gasteiger partial charge < -0.3 is 29.7 Å². The summed E-state index contributed by atoms with van der Waals surface area (Å²) in [6.45, 7) is 6.67. The smallest absolute Gasteiger partial charge is 0.294 e. The molecule has 1 saturated carbocycles. The normalized spacial score (nSPS) is 17.0. The van der Waals surface area contributed by atoms with E-state index in [1.807, 2.05) is 17.0 Å². The number of likely N-dealkylation sites (tertiary alicyclic amines) is 1. The lowest BCUT2D eigenvalue weighted by Crippen LogP contribution is -2.48. The Morgan fingerprint density at radius 3 is 2.37 bits per heavy atom. The quantitative estimate of drug-likeness (QED) is 0.190. The summed E-state index contributed by atoms with van der Waals surface area (Å²) in [7, 11) is 0. The van der Waals surface area contributed by atoms with Crippen molar-refractivity contribution >= 4 is 36.4 Å². The minimum absolute atomic E-state index is 0. The molecule has 5 rings (SSSR count). The summed E-state index contributed by atoms with van der Waals surface area (Å²) in [4.78, 5) is 18.0. The molecule has 2 aromatic carbocycles. The molecule has 1 aromatic heterocycles. The van der Waals surface area contributed by atoms with E-state index in [2.05, 4.69) is 29.3 Å². The average Bonchev–Trinajstić information content (AvgIpc) is 3.53. The third kappa shape index (κ3) is 9.15. The van der Waals surface area contributed by atoms with Gasteiger partial charge in [0, 0.05) is 43.0 Å². The first-order chi connectivity index (χ1) is 19.9. The minimum atomic E-state index is -0.0633. The highest BCUT2D eigenvalue weighted by Crippen LogP contribution is 2.42. The molecule has 3 aromatic rings. The van der Waals surface area contributed by atoms with Crippen LogP contribution in [-0.4, -0.2) is 53.2 Å². The molecule has 0 spiro atoms. The van der Waals surface area contributed by atoms with Gasteiger partial charge in [-0.25, -0.2) is 0 Å². The first kappa shape index (κ1) is 34.8. The van der Waals surface area contributed by atoms with Gasteiger partial charge in [-0.15, -0.1) is 24.8 Å². The van der Waals surface area contributed by atoms with E-state index < -0.39 is 0 Å². The fourth-order valence-corrected chi connectivity index (χ4v) is 6.72. The number of nitrogens with zero attached hydrogens (tertiary/aromatic N) is 2. The number of piperidine rings is 1. The highest BCUT2D eigenvalue weighted by Gasteiger charge is 2.34. The molecule has 1 aliphatic heterocycles. The van der Waals surface area contributed by atoms with Gasteiger partial charge in [-0.3, -0.25) is 4.79 Å². The van der Waals surface area contributed by atoms with E-state index >= 15 is 0 Å². The van der Waals surface area contributed by atoms with Crippen LogP contribution < -0.4 is 10.2 Å². The fraction of sp³-hybridized carbons (Fsp3) is 0.500. The summed E-state index contributed by atoms with van der Waals surface area (Å²) in [6.07, 6.45) is 12.3. The molecule has 1 amide bonds. The Morgan fingerprint density at radius 2 is 1.72 bits per heavy atom. The first-order valence-corrected chi connectivity index (χ1v) is 15.3. The Balaban J connectivity index is 0.00000253. The van der Waals surface area contributed by atoms with Gasteiger partial charge in [0.15, 0.2) is 5.76 Å². The predicted molar refractivity (Wildman–Crippen MR) is 177 cm³/mol. The molecule has 0 radical (unpaired) electrons. The Morgan fingerprint density at radius 1 is 1.00 bits per heavy atom. The summed E-state index contributed by atoms with van der Waals surface area (Å²) in [5.41, 5.74) is 3.29. The SMILES string of the molecule is Cc1ccc(N(C(=O)c2ccco2)C2CCN(CCC3(CCNCc4ccc(O)cc4O)CCCCC3)CC2)cc1.Cl.Cl. The Labute approximate surface area is 268 Å². The van der Waals surface area contributed by atoms with E-state index in [0.717, 1.165) is 56.7 Å². The van der Waals surface area contributed by atoms with Crippen LogP contribution in [0.15, 0.2) is 65.3 Å². The van der Waals surface area contributed by atoms with Crippen LogP contribution in [0.5, 0.6) is 11.5 Å². The molecular weight excluding hydrogens is 585 g/mol. The van der Waals surface area contributed by atoms with Crippen molar-refractivity contribution in [3.63, 3.8) is 0 Å². The number of aromatic hydroxyl groups is 2. The molecule has 43 heavy (non-hydrogen) atoms. The van der Waals surface area contributed by atoms with Crippen LogP contribution in [0.2, 0.25) is 0 Å². The van der Waals surface area contributed by atoms with Gasteiger partial charge in [0.2, 0.25) is 0 Å². The van der Waals surface area contributed by atoms with Gasteiger partial charge in [0.25, 0.3) is 5.91 Å². The van der Waals surface area contributed by atoms with E-state index in [1.54, 1.807) is 30.5 Å². The number of hydrogen-bond donors (Lipinski definition) is 3. The summed E-state index contributed by atoms with van der Waals surface area (Å²) in [5.74, 6) is 0.552. The monoisotopic (exact) mass is 631 g/mol. The Bertz CT molecular complexity index is 1260. The Hall–Kier alpha value is -2.71. The second kappa shape index (κ2) is 16.4. The molecule has 236 valence electrons.